The molecule has 152 valence electrons. The van der Waals surface area contributed by atoms with Crippen LogP contribution in [0, 0.1) is 0 Å². The van der Waals surface area contributed by atoms with Crippen molar-refractivity contribution in [3.05, 3.63) is 71.8 Å². The normalized spacial score (nSPS) is 14.6. The molecular weight excluding hydrogens is 358 g/mol. The average Bonchev–Trinajstić information content (AvgIpc) is 2.71. The van der Waals surface area contributed by atoms with E-state index >= 15 is 0 Å². The van der Waals surface area contributed by atoms with Crippen LogP contribution in [0.2, 0.25) is 0 Å². The first-order valence-corrected chi connectivity index (χ1v) is 9.28. The first-order valence-electron chi connectivity index (χ1n) is 9.28. The highest BCUT2D eigenvalue weighted by Gasteiger charge is 2.34. The first kappa shape index (κ1) is 22.2. The predicted octanol–water partition coefficient (Wildman–Crippen LogP) is 1.99. The van der Waals surface area contributed by atoms with Crippen molar-refractivity contribution in [1.82, 2.24) is 4.90 Å². The average molecular weight is 387 g/mol. The zero-order valence-electron chi connectivity index (χ0n) is 16.4. The van der Waals surface area contributed by atoms with Crippen molar-refractivity contribution in [3.63, 3.8) is 0 Å². The predicted molar refractivity (Wildman–Crippen MR) is 106 cm³/mol. The number of Topliss-reactive ketones (excluding diaryl/α,β-unsaturated/α-hetero) is 1. The Kier molecular flexibility index (Phi) is 9.27. The third-order valence-electron chi connectivity index (χ3n) is 4.55. The van der Waals surface area contributed by atoms with E-state index in [-0.39, 0.29) is 13.4 Å². The van der Waals surface area contributed by atoms with Crippen molar-refractivity contribution in [2.24, 2.45) is 0 Å². The smallest absolute Gasteiger partial charge is 0.160 e. The third kappa shape index (κ3) is 6.82. The van der Waals surface area contributed by atoms with Gasteiger partial charge in [0.2, 0.25) is 0 Å². The second-order valence-electron chi connectivity index (χ2n) is 6.77. The van der Waals surface area contributed by atoms with Crippen LogP contribution in [0.1, 0.15) is 18.1 Å². The van der Waals surface area contributed by atoms with Crippen molar-refractivity contribution < 1.29 is 24.5 Å². The van der Waals surface area contributed by atoms with E-state index in [1.54, 1.807) is 0 Å². The summed E-state index contributed by atoms with van der Waals surface area (Å²) in [6.45, 7) is 2.49. The van der Waals surface area contributed by atoms with E-state index < -0.39 is 24.0 Å². The van der Waals surface area contributed by atoms with Gasteiger partial charge in [-0.15, -0.1) is 0 Å². The maximum atomic E-state index is 11.7. The quantitative estimate of drug-likeness (QED) is 0.428. The van der Waals surface area contributed by atoms with Crippen LogP contribution < -0.4 is 0 Å². The van der Waals surface area contributed by atoms with E-state index in [4.69, 9.17) is 9.47 Å². The van der Waals surface area contributed by atoms with Gasteiger partial charge in [-0.2, -0.15) is 0 Å². The SMILES string of the molecule is COCOC[C@@H]([C@H](O)[C@H](O)C(C)=O)N(Cc1ccccc1)Cc1ccccc1. The van der Waals surface area contributed by atoms with Crippen LogP contribution in [-0.2, 0) is 27.4 Å². The van der Waals surface area contributed by atoms with Gasteiger partial charge in [-0.3, -0.25) is 9.69 Å². The van der Waals surface area contributed by atoms with Gasteiger partial charge in [0.05, 0.1) is 12.6 Å². The monoisotopic (exact) mass is 387 g/mol. The second kappa shape index (κ2) is 11.7. The summed E-state index contributed by atoms with van der Waals surface area (Å²) >= 11 is 0. The number of ketones is 1. The van der Waals surface area contributed by atoms with Gasteiger partial charge >= 0.3 is 0 Å². The topological polar surface area (TPSA) is 79.2 Å². The minimum Gasteiger partial charge on any atom is -0.388 e. The summed E-state index contributed by atoms with van der Waals surface area (Å²) in [6, 6.07) is 19.1. The number of carbonyl (C=O) groups excluding carboxylic acids is 1. The number of methoxy groups -OCH3 is 1. The zero-order valence-corrected chi connectivity index (χ0v) is 16.4. The Morgan fingerprint density at radius 2 is 1.46 bits per heavy atom. The minimum absolute atomic E-state index is 0.0594. The summed E-state index contributed by atoms with van der Waals surface area (Å²) in [4.78, 5) is 13.7. The molecule has 2 N–H and O–H groups in total. The lowest BCUT2D eigenvalue weighted by Crippen LogP contribution is -2.52. The lowest BCUT2D eigenvalue weighted by atomic mass is 10.00. The van der Waals surface area contributed by atoms with Crippen LogP contribution in [0.15, 0.2) is 60.7 Å². The molecule has 2 aromatic carbocycles. The second-order valence-corrected chi connectivity index (χ2v) is 6.77. The molecule has 6 nitrogen and oxygen atoms in total. The number of ether oxygens (including phenoxy) is 2. The summed E-state index contributed by atoms with van der Waals surface area (Å²) in [5.41, 5.74) is 2.11. The summed E-state index contributed by atoms with van der Waals surface area (Å²) in [7, 11) is 1.52. The van der Waals surface area contributed by atoms with E-state index in [1.807, 2.05) is 65.6 Å². The lowest BCUT2D eigenvalue weighted by Gasteiger charge is -2.36. The van der Waals surface area contributed by atoms with Crippen LogP contribution in [-0.4, -0.2) is 59.7 Å². The zero-order chi connectivity index (χ0) is 20.4. The highest BCUT2D eigenvalue weighted by molar-refractivity contribution is 5.80. The molecule has 0 spiro atoms. The van der Waals surface area contributed by atoms with E-state index in [0.29, 0.717) is 13.1 Å². The first-order chi connectivity index (χ1) is 13.5. The van der Waals surface area contributed by atoms with Gasteiger partial charge in [0, 0.05) is 20.2 Å². The summed E-state index contributed by atoms with van der Waals surface area (Å²) in [6.07, 6.45) is -2.77. The van der Waals surface area contributed by atoms with Gasteiger partial charge in [0.1, 0.15) is 19.0 Å². The Labute approximate surface area is 166 Å². The molecule has 0 fully saturated rings. The van der Waals surface area contributed by atoms with Gasteiger partial charge in [0.15, 0.2) is 5.78 Å². The van der Waals surface area contributed by atoms with Crippen LogP contribution >= 0.6 is 0 Å². The number of aliphatic hydroxyl groups is 2. The Bertz CT molecular complexity index is 653. The van der Waals surface area contributed by atoms with Gasteiger partial charge in [-0.05, 0) is 18.1 Å². The number of carbonyl (C=O) groups is 1. The fourth-order valence-electron chi connectivity index (χ4n) is 3.05. The Morgan fingerprint density at radius 1 is 0.964 bits per heavy atom. The highest BCUT2D eigenvalue weighted by atomic mass is 16.7. The van der Waals surface area contributed by atoms with Crippen LogP contribution in [0.5, 0.6) is 0 Å². The molecule has 0 aliphatic heterocycles. The van der Waals surface area contributed by atoms with Crippen LogP contribution in [0.25, 0.3) is 0 Å². The molecule has 0 amide bonds. The number of nitrogens with zero attached hydrogens (tertiary/aromatic N) is 1. The Hall–Kier alpha value is -2.09. The standard InChI is InChI=1S/C22H29NO5/c1-17(24)21(25)22(26)20(15-28-16-27-2)23(13-18-9-5-3-6-10-18)14-19-11-7-4-8-12-19/h3-12,20-22,25-26H,13-16H2,1-2H3/t20-,21+,22-/m0/s1. The van der Waals surface area contributed by atoms with Gasteiger partial charge in [0.25, 0.3) is 0 Å². The molecule has 0 aliphatic carbocycles. The van der Waals surface area contributed by atoms with Gasteiger partial charge in [-0.1, -0.05) is 60.7 Å². The number of benzene rings is 2. The number of aliphatic hydroxyl groups excluding tert-OH is 2. The van der Waals surface area contributed by atoms with Crippen molar-refractivity contribution in [2.45, 2.75) is 38.3 Å². The molecule has 6 heteroatoms. The molecule has 0 saturated heterocycles. The largest absolute Gasteiger partial charge is 0.388 e. The van der Waals surface area contributed by atoms with Crippen LogP contribution in [0.3, 0.4) is 0 Å². The molecule has 2 aromatic rings. The maximum Gasteiger partial charge on any atom is 0.160 e. The molecule has 28 heavy (non-hydrogen) atoms. The molecular formula is C22H29NO5. The van der Waals surface area contributed by atoms with Crippen molar-refractivity contribution >= 4 is 5.78 Å². The molecule has 0 aliphatic rings. The summed E-state index contributed by atoms with van der Waals surface area (Å²) in [5.74, 6) is -0.483. The minimum atomic E-state index is -1.48. The number of hydrogen-bond acceptors (Lipinski definition) is 6. The van der Waals surface area contributed by atoms with E-state index in [2.05, 4.69) is 0 Å². The van der Waals surface area contributed by atoms with E-state index in [0.717, 1.165) is 11.1 Å². The van der Waals surface area contributed by atoms with E-state index in [9.17, 15) is 15.0 Å². The molecule has 2 rings (SSSR count). The third-order valence-corrected chi connectivity index (χ3v) is 4.55. The summed E-state index contributed by atoms with van der Waals surface area (Å²) in [5, 5.41) is 20.9. The van der Waals surface area contributed by atoms with Crippen molar-refractivity contribution in [2.75, 3.05) is 20.5 Å². The molecule has 0 unspecified atom stereocenters. The Balaban J connectivity index is 2.29. The molecule has 0 aromatic heterocycles. The molecule has 0 saturated carbocycles. The molecule has 0 bridgehead atoms. The van der Waals surface area contributed by atoms with Gasteiger partial charge < -0.3 is 19.7 Å². The fraction of sp³-hybridized carbons (Fsp3) is 0.409. The molecule has 3 atom stereocenters. The van der Waals surface area contributed by atoms with Crippen LogP contribution in [0.4, 0.5) is 0 Å². The molecule has 0 radical (unpaired) electrons. The Morgan fingerprint density at radius 3 is 1.89 bits per heavy atom. The van der Waals surface area contributed by atoms with Gasteiger partial charge in [-0.25, -0.2) is 0 Å². The fourth-order valence-corrected chi connectivity index (χ4v) is 3.05. The maximum absolute atomic E-state index is 11.7. The lowest BCUT2D eigenvalue weighted by molar-refractivity contribution is -0.138. The number of hydrogen-bond donors (Lipinski definition) is 2. The number of rotatable bonds is 12. The van der Waals surface area contributed by atoms with Crippen molar-refractivity contribution in [3.8, 4) is 0 Å². The summed E-state index contributed by atoms with van der Waals surface area (Å²) < 4.78 is 10.5. The molecule has 0 heterocycles. The highest BCUT2D eigenvalue weighted by Crippen LogP contribution is 2.18. The van der Waals surface area contributed by atoms with E-state index in [1.165, 1.54) is 14.0 Å². The van der Waals surface area contributed by atoms with Crippen molar-refractivity contribution in [1.29, 1.82) is 0 Å².